The number of nitrogens with zero attached hydrogens (tertiary/aromatic N) is 4. The largest absolute Gasteiger partial charge is 0.463 e. The molecule has 176 valence electrons. The van der Waals surface area contributed by atoms with Gasteiger partial charge in [-0.1, -0.05) is 32.0 Å². The van der Waals surface area contributed by atoms with Gasteiger partial charge in [0.1, 0.15) is 12.0 Å². The monoisotopic (exact) mass is 466 g/mol. The van der Waals surface area contributed by atoms with E-state index >= 15 is 0 Å². The fraction of sp³-hybridized carbons (Fsp3) is 0.286. The second-order valence-electron chi connectivity index (χ2n) is 10.1. The quantitative estimate of drug-likeness (QED) is 0.249. The zero-order chi connectivity index (χ0) is 24.3. The van der Waals surface area contributed by atoms with Crippen LogP contribution in [0.1, 0.15) is 62.0 Å². The molecule has 7 nitrogen and oxygen atoms in total. The summed E-state index contributed by atoms with van der Waals surface area (Å²) in [6.07, 6.45) is 5.68. The van der Waals surface area contributed by atoms with E-state index in [4.69, 9.17) is 9.41 Å². The van der Waals surface area contributed by atoms with Gasteiger partial charge in [0.2, 0.25) is 0 Å². The molecule has 0 unspecified atom stereocenters. The summed E-state index contributed by atoms with van der Waals surface area (Å²) >= 11 is 0. The Morgan fingerprint density at radius 2 is 1.89 bits per heavy atom. The van der Waals surface area contributed by atoms with Crippen LogP contribution in [0.25, 0.3) is 17.1 Å². The van der Waals surface area contributed by atoms with Crippen LogP contribution < -0.4 is 0 Å². The normalized spacial score (nSPS) is 23.0. The molecule has 35 heavy (non-hydrogen) atoms. The topological polar surface area (TPSA) is 86.5 Å². The molecule has 2 aromatic carbocycles. The zero-order valence-corrected chi connectivity index (χ0v) is 19.9. The van der Waals surface area contributed by atoms with E-state index in [0.717, 1.165) is 35.5 Å². The third-order valence-corrected chi connectivity index (χ3v) is 7.44. The molecule has 1 atom stereocenters. The minimum atomic E-state index is -0.331. The van der Waals surface area contributed by atoms with Crippen LogP contribution in [-0.4, -0.2) is 20.2 Å². The molecule has 6 rings (SSSR count). The number of para-hydroxylation sites is 1. The van der Waals surface area contributed by atoms with E-state index in [2.05, 4.69) is 41.6 Å². The van der Waals surface area contributed by atoms with Crippen LogP contribution >= 0.6 is 0 Å². The molecule has 0 bridgehead atoms. The Morgan fingerprint density at radius 3 is 2.60 bits per heavy atom. The first kappa shape index (κ1) is 21.5. The van der Waals surface area contributed by atoms with Gasteiger partial charge in [-0.3, -0.25) is 19.7 Å². The van der Waals surface area contributed by atoms with E-state index in [9.17, 15) is 10.1 Å². The third-order valence-electron chi connectivity index (χ3n) is 7.44. The first-order chi connectivity index (χ1) is 16.9. The molecule has 0 amide bonds. The van der Waals surface area contributed by atoms with Crippen molar-refractivity contribution in [3.05, 3.63) is 99.7 Å². The van der Waals surface area contributed by atoms with Gasteiger partial charge in [-0.15, -0.1) is 0 Å². The molecule has 2 aromatic heterocycles. The van der Waals surface area contributed by atoms with Crippen molar-refractivity contribution in [1.29, 1.82) is 0 Å². The summed E-state index contributed by atoms with van der Waals surface area (Å²) in [5.74, 6) is 1.36. The fourth-order valence-electron chi connectivity index (χ4n) is 5.95. The average Bonchev–Trinajstić information content (AvgIpc) is 3.49. The van der Waals surface area contributed by atoms with Crippen molar-refractivity contribution >= 4 is 11.4 Å². The van der Waals surface area contributed by atoms with E-state index in [0.29, 0.717) is 23.0 Å². The lowest BCUT2D eigenvalue weighted by Gasteiger charge is -2.44. The number of aliphatic imine (C=N–C) groups is 1. The SMILES string of the molecule is CC1CC(C)(c2ccc3c(c2)C(c2ccccc2[N+](=O)[O-])=N[C@@H](C)c2c(-c4ccco4)ncn2-3)C1. The highest BCUT2D eigenvalue weighted by Crippen LogP contribution is 2.48. The number of furan rings is 1. The van der Waals surface area contributed by atoms with Crippen LogP contribution in [0.3, 0.4) is 0 Å². The second kappa shape index (κ2) is 7.77. The first-order valence-electron chi connectivity index (χ1n) is 11.9. The van der Waals surface area contributed by atoms with Gasteiger partial charge in [-0.2, -0.15) is 0 Å². The molecule has 1 aliphatic heterocycles. The number of aromatic nitrogens is 2. The van der Waals surface area contributed by atoms with Crippen molar-refractivity contribution in [2.45, 2.75) is 45.1 Å². The maximum absolute atomic E-state index is 12.0. The van der Waals surface area contributed by atoms with Gasteiger partial charge < -0.3 is 4.42 Å². The summed E-state index contributed by atoms with van der Waals surface area (Å²) < 4.78 is 7.72. The molecular weight excluding hydrogens is 440 g/mol. The van der Waals surface area contributed by atoms with Crippen LogP contribution in [-0.2, 0) is 5.41 Å². The number of hydrogen-bond acceptors (Lipinski definition) is 5. The molecule has 7 heteroatoms. The van der Waals surface area contributed by atoms with Gasteiger partial charge in [0.05, 0.1) is 39.9 Å². The van der Waals surface area contributed by atoms with Gasteiger partial charge in [0.15, 0.2) is 5.76 Å². The van der Waals surface area contributed by atoms with E-state index in [1.54, 1.807) is 30.8 Å². The standard InChI is InChI=1S/C28H26N4O3/c1-17-14-28(3,15-17)19-10-11-22-21(13-19)25(20-7-4-5-8-23(20)32(33)34)30-18(2)27-26(29-16-31(22)27)24-9-6-12-35-24/h4-13,16-18H,14-15H2,1-3H3/t17?,18-,28?/m0/s1. The minimum absolute atomic E-state index is 0.0502. The number of nitro benzene ring substituents is 1. The van der Waals surface area contributed by atoms with E-state index in [-0.39, 0.29) is 22.1 Å². The van der Waals surface area contributed by atoms with Gasteiger partial charge in [0, 0.05) is 11.6 Å². The van der Waals surface area contributed by atoms with Crippen molar-refractivity contribution < 1.29 is 9.34 Å². The van der Waals surface area contributed by atoms with Crippen molar-refractivity contribution in [2.24, 2.45) is 10.9 Å². The van der Waals surface area contributed by atoms with Crippen LogP contribution in [0.2, 0.25) is 0 Å². The predicted octanol–water partition coefficient (Wildman–Crippen LogP) is 6.64. The molecule has 1 saturated carbocycles. The van der Waals surface area contributed by atoms with E-state index in [1.807, 2.05) is 25.1 Å². The lowest BCUT2D eigenvalue weighted by atomic mass is 9.60. The molecule has 0 N–H and O–H groups in total. The lowest BCUT2D eigenvalue weighted by molar-refractivity contribution is -0.385. The molecule has 2 aliphatic rings. The molecule has 0 spiro atoms. The summed E-state index contributed by atoms with van der Waals surface area (Å²) in [5, 5.41) is 12.0. The Labute approximate surface area is 203 Å². The number of hydrogen-bond donors (Lipinski definition) is 0. The van der Waals surface area contributed by atoms with Crippen LogP contribution in [0.5, 0.6) is 0 Å². The second-order valence-corrected chi connectivity index (χ2v) is 10.1. The highest BCUT2D eigenvalue weighted by Gasteiger charge is 2.40. The summed E-state index contributed by atoms with van der Waals surface area (Å²) in [6, 6.07) is 16.8. The smallest absolute Gasteiger partial charge is 0.278 e. The summed E-state index contributed by atoms with van der Waals surface area (Å²) in [4.78, 5) is 21.4. The van der Waals surface area contributed by atoms with Gasteiger partial charge in [-0.25, -0.2) is 4.98 Å². The first-order valence-corrected chi connectivity index (χ1v) is 11.9. The number of nitro groups is 1. The summed E-state index contributed by atoms with van der Waals surface area (Å²) in [7, 11) is 0. The average molecular weight is 467 g/mol. The fourth-order valence-corrected chi connectivity index (χ4v) is 5.95. The minimum Gasteiger partial charge on any atom is -0.463 e. The lowest BCUT2D eigenvalue weighted by Crippen LogP contribution is -2.37. The number of imidazole rings is 1. The molecule has 0 saturated heterocycles. The third kappa shape index (κ3) is 3.33. The number of benzene rings is 2. The van der Waals surface area contributed by atoms with Crippen molar-refractivity contribution in [3.63, 3.8) is 0 Å². The molecule has 0 radical (unpaired) electrons. The molecule has 1 fully saturated rings. The van der Waals surface area contributed by atoms with E-state index in [1.165, 1.54) is 5.56 Å². The molecule has 4 aromatic rings. The van der Waals surface area contributed by atoms with Gasteiger partial charge in [0.25, 0.3) is 5.69 Å². The Balaban J connectivity index is 1.62. The van der Waals surface area contributed by atoms with Crippen molar-refractivity contribution in [3.8, 4) is 17.1 Å². The molecule has 3 heterocycles. The highest BCUT2D eigenvalue weighted by atomic mass is 16.6. The Morgan fingerprint density at radius 1 is 1.09 bits per heavy atom. The van der Waals surface area contributed by atoms with Gasteiger partial charge in [-0.05, 0) is 67.0 Å². The summed E-state index contributed by atoms with van der Waals surface area (Å²) in [5.41, 5.74) is 5.95. The maximum atomic E-state index is 12.0. The van der Waals surface area contributed by atoms with Gasteiger partial charge >= 0.3 is 0 Å². The van der Waals surface area contributed by atoms with Crippen LogP contribution in [0.4, 0.5) is 5.69 Å². The Bertz CT molecular complexity index is 1480. The number of rotatable bonds is 4. The maximum Gasteiger partial charge on any atom is 0.278 e. The molecule has 1 aliphatic carbocycles. The highest BCUT2D eigenvalue weighted by molar-refractivity contribution is 6.17. The van der Waals surface area contributed by atoms with Crippen molar-refractivity contribution in [1.82, 2.24) is 9.55 Å². The Kier molecular flexibility index (Phi) is 4.78. The summed E-state index contributed by atoms with van der Waals surface area (Å²) in [6.45, 7) is 6.57. The van der Waals surface area contributed by atoms with Crippen LogP contribution in [0, 0.1) is 16.0 Å². The molecular formula is C28H26N4O3. The van der Waals surface area contributed by atoms with Crippen molar-refractivity contribution in [2.75, 3.05) is 0 Å². The van der Waals surface area contributed by atoms with E-state index < -0.39 is 0 Å². The predicted molar refractivity (Wildman–Crippen MR) is 134 cm³/mol. The Hall–Kier alpha value is -4.00. The van der Waals surface area contributed by atoms with Crippen LogP contribution in [0.15, 0.2) is 76.6 Å². The zero-order valence-electron chi connectivity index (χ0n) is 19.9. The number of fused-ring (bicyclic) bond motifs is 3.